The first-order valence-electron chi connectivity index (χ1n) is 7.14. The summed E-state index contributed by atoms with van der Waals surface area (Å²) in [6, 6.07) is 0.660. The van der Waals surface area contributed by atoms with Crippen LogP contribution in [0.3, 0.4) is 0 Å². The number of rotatable bonds is 4. The van der Waals surface area contributed by atoms with E-state index in [1.807, 2.05) is 16.5 Å². The van der Waals surface area contributed by atoms with Crippen molar-refractivity contribution in [1.29, 1.82) is 0 Å². The van der Waals surface area contributed by atoms with Crippen LogP contribution in [0, 0.1) is 5.41 Å². The number of carbonyl (C=O) groups is 1. The summed E-state index contributed by atoms with van der Waals surface area (Å²) in [4.78, 5) is 20.3. The average molecular weight is 291 g/mol. The van der Waals surface area contributed by atoms with E-state index in [1.165, 1.54) is 17.5 Å². The van der Waals surface area contributed by atoms with Gasteiger partial charge in [-0.05, 0) is 37.8 Å². The summed E-state index contributed by atoms with van der Waals surface area (Å²) in [6.45, 7) is 6.27. The Labute approximate surface area is 124 Å². The molecule has 3 rings (SSSR count). The quantitative estimate of drug-likeness (QED) is 0.798. The number of likely N-dealkylation sites (tertiary alicyclic amines) is 1. The highest BCUT2D eigenvalue weighted by molar-refractivity contribution is 7.09. The molecule has 1 aromatic rings. The van der Waals surface area contributed by atoms with Gasteiger partial charge >= 0.3 is 0 Å². The van der Waals surface area contributed by atoms with E-state index >= 15 is 0 Å². The van der Waals surface area contributed by atoms with Crippen LogP contribution in [0.4, 0.5) is 0 Å². The number of thiazole rings is 1. The molecule has 1 aliphatic heterocycles. The van der Waals surface area contributed by atoms with E-state index in [0.29, 0.717) is 11.5 Å². The van der Waals surface area contributed by atoms with Gasteiger partial charge < -0.3 is 4.90 Å². The normalized spacial score (nSPS) is 24.1. The van der Waals surface area contributed by atoms with Crippen molar-refractivity contribution in [3.05, 3.63) is 29.2 Å². The van der Waals surface area contributed by atoms with Crippen molar-refractivity contribution < 1.29 is 4.79 Å². The highest BCUT2D eigenvalue weighted by Gasteiger charge is 2.56. The Morgan fingerprint density at radius 3 is 3.00 bits per heavy atom. The number of carbonyl (C=O) groups excluding carboxylic acids is 1. The van der Waals surface area contributed by atoms with Gasteiger partial charge in [0.25, 0.3) is 0 Å². The summed E-state index contributed by atoms with van der Waals surface area (Å²) in [7, 11) is 2.20. The molecule has 0 radical (unpaired) electrons. The molecule has 1 aromatic heterocycles. The van der Waals surface area contributed by atoms with Gasteiger partial charge in [-0.25, -0.2) is 4.98 Å². The molecule has 2 aliphatic rings. The predicted molar refractivity (Wildman–Crippen MR) is 80.4 cm³/mol. The first-order valence-corrected chi connectivity index (χ1v) is 8.02. The summed E-state index contributed by atoms with van der Waals surface area (Å²) in [5, 5.41) is 3.22. The highest BCUT2D eigenvalue weighted by atomic mass is 32.1. The molecular weight excluding hydrogens is 270 g/mol. The molecule has 1 saturated carbocycles. The Kier molecular flexibility index (Phi) is 3.65. The van der Waals surface area contributed by atoms with E-state index in [0.717, 1.165) is 32.5 Å². The van der Waals surface area contributed by atoms with E-state index in [9.17, 15) is 4.79 Å². The van der Waals surface area contributed by atoms with Gasteiger partial charge in [-0.1, -0.05) is 6.58 Å². The monoisotopic (exact) mass is 291 g/mol. The Balaban J connectivity index is 1.53. The minimum absolute atomic E-state index is 0.0770. The zero-order valence-corrected chi connectivity index (χ0v) is 12.7. The second-order valence-corrected chi connectivity index (χ2v) is 6.93. The van der Waals surface area contributed by atoms with Crippen LogP contribution in [0.15, 0.2) is 24.2 Å². The second kappa shape index (κ2) is 5.30. The van der Waals surface area contributed by atoms with Crippen molar-refractivity contribution in [2.75, 3.05) is 20.1 Å². The van der Waals surface area contributed by atoms with E-state index in [2.05, 4.69) is 23.5 Å². The van der Waals surface area contributed by atoms with Gasteiger partial charge in [0.1, 0.15) is 5.01 Å². The van der Waals surface area contributed by atoms with Crippen molar-refractivity contribution >= 4 is 17.2 Å². The minimum atomic E-state index is 0.0770. The number of nitrogens with zero attached hydrogens (tertiary/aromatic N) is 3. The van der Waals surface area contributed by atoms with Crippen LogP contribution >= 0.6 is 11.3 Å². The molecule has 2 fully saturated rings. The first-order chi connectivity index (χ1) is 9.64. The zero-order valence-electron chi connectivity index (χ0n) is 11.9. The van der Waals surface area contributed by atoms with Crippen molar-refractivity contribution in [2.45, 2.75) is 31.8 Å². The van der Waals surface area contributed by atoms with Gasteiger partial charge in [-0.15, -0.1) is 11.3 Å². The number of hydrogen-bond donors (Lipinski definition) is 0. The fraction of sp³-hybridized carbons (Fsp3) is 0.600. The summed E-state index contributed by atoms with van der Waals surface area (Å²) in [5.41, 5.74) is 0.448. The lowest BCUT2D eigenvalue weighted by molar-refractivity contribution is -0.127. The van der Waals surface area contributed by atoms with Crippen molar-refractivity contribution in [3.8, 4) is 0 Å². The van der Waals surface area contributed by atoms with Crippen LogP contribution < -0.4 is 0 Å². The molecule has 2 heterocycles. The molecule has 1 unspecified atom stereocenters. The topological polar surface area (TPSA) is 36.4 Å². The number of hydrogen-bond acceptors (Lipinski definition) is 4. The highest BCUT2D eigenvalue weighted by Crippen LogP contribution is 2.56. The van der Waals surface area contributed by atoms with E-state index in [4.69, 9.17) is 0 Å². The lowest BCUT2D eigenvalue weighted by Gasteiger charge is -2.33. The van der Waals surface area contributed by atoms with E-state index in [-0.39, 0.29) is 5.91 Å². The van der Waals surface area contributed by atoms with Gasteiger partial charge in [-0.2, -0.15) is 0 Å². The fourth-order valence-corrected chi connectivity index (χ4v) is 4.12. The maximum Gasteiger partial charge on any atom is 0.245 e. The number of piperidine rings is 1. The van der Waals surface area contributed by atoms with Crippen LogP contribution in [0.5, 0.6) is 0 Å². The molecule has 5 heteroatoms. The Morgan fingerprint density at radius 1 is 1.65 bits per heavy atom. The third kappa shape index (κ3) is 2.52. The molecule has 0 N–H and O–H groups in total. The van der Waals surface area contributed by atoms with Crippen molar-refractivity contribution in [2.24, 2.45) is 5.41 Å². The third-order valence-electron chi connectivity index (χ3n) is 4.79. The number of amides is 1. The maximum atomic E-state index is 11.6. The number of aromatic nitrogens is 1. The second-order valence-electron chi connectivity index (χ2n) is 5.95. The molecule has 0 aromatic carbocycles. The summed E-state index contributed by atoms with van der Waals surface area (Å²) >= 11 is 1.72. The van der Waals surface area contributed by atoms with Crippen LogP contribution in [0.25, 0.3) is 0 Å². The summed E-state index contributed by atoms with van der Waals surface area (Å²) in [5.74, 6) is 0.0770. The van der Waals surface area contributed by atoms with Gasteiger partial charge in [0, 0.05) is 30.7 Å². The Morgan fingerprint density at radius 2 is 2.40 bits per heavy atom. The van der Waals surface area contributed by atoms with Gasteiger partial charge in [0.2, 0.25) is 5.91 Å². The Hall–Kier alpha value is -1.20. The molecule has 1 aliphatic carbocycles. The molecule has 0 bridgehead atoms. The van der Waals surface area contributed by atoms with Gasteiger partial charge in [0.05, 0.1) is 6.54 Å². The molecule has 1 atom stereocenters. The largest absolute Gasteiger partial charge is 0.339 e. The summed E-state index contributed by atoms with van der Waals surface area (Å²) < 4.78 is 0. The van der Waals surface area contributed by atoms with Crippen molar-refractivity contribution in [1.82, 2.24) is 14.8 Å². The average Bonchev–Trinajstić information content (AvgIpc) is 2.92. The molecule has 4 nitrogen and oxygen atoms in total. The van der Waals surface area contributed by atoms with Crippen LogP contribution in [-0.2, 0) is 11.3 Å². The van der Waals surface area contributed by atoms with Crippen LogP contribution in [-0.4, -0.2) is 46.9 Å². The van der Waals surface area contributed by atoms with Gasteiger partial charge in [-0.3, -0.25) is 9.69 Å². The van der Waals surface area contributed by atoms with Gasteiger partial charge in [0.15, 0.2) is 0 Å². The minimum Gasteiger partial charge on any atom is -0.339 e. The fourth-order valence-electron chi connectivity index (χ4n) is 3.44. The zero-order chi connectivity index (χ0) is 14.2. The van der Waals surface area contributed by atoms with E-state index < -0.39 is 0 Å². The lowest BCUT2D eigenvalue weighted by Crippen LogP contribution is -2.40. The molecule has 108 valence electrons. The molecular formula is C15H21N3OS. The first kappa shape index (κ1) is 13.8. The molecule has 1 saturated heterocycles. The van der Waals surface area contributed by atoms with E-state index in [1.54, 1.807) is 11.3 Å². The third-order valence-corrected chi connectivity index (χ3v) is 5.56. The Bertz CT molecular complexity index is 491. The molecule has 1 amide bonds. The standard InChI is InChI=1S/C15H21N3OS/c1-3-14(19)18-7-4-15(5-8-18)10-12(15)17(2)11-13-16-6-9-20-13/h3,6,9,12H,1,4-5,7-8,10-11H2,2H3. The molecule has 20 heavy (non-hydrogen) atoms. The smallest absolute Gasteiger partial charge is 0.245 e. The summed E-state index contributed by atoms with van der Waals surface area (Å²) in [6.07, 6.45) is 6.82. The van der Waals surface area contributed by atoms with Crippen molar-refractivity contribution in [3.63, 3.8) is 0 Å². The van der Waals surface area contributed by atoms with Crippen LogP contribution in [0.1, 0.15) is 24.3 Å². The van der Waals surface area contributed by atoms with Crippen LogP contribution in [0.2, 0.25) is 0 Å². The lowest BCUT2D eigenvalue weighted by atomic mass is 9.92. The predicted octanol–water partition coefficient (Wildman–Crippen LogP) is 2.14. The maximum absolute atomic E-state index is 11.6. The molecule has 1 spiro atoms. The SMILES string of the molecule is C=CC(=O)N1CCC2(CC1)CC2N(C)Cc1nccs1.